The molecule has 0 fully saturated rings. The van der Waals surface area contributed by atoms with E-state index in [2.05, 4.69) is 0 Å². The molecule has 0 saturated carbocycles. The average Bonchev–Trinajstić information content (AvgIpc) is 2.64. The van der Waals surface area contributed by atoms with E-state index in [-0.39, 0.29) is 11.7 Å². The van der Waals surface area contributed by atoms with Crippen LogP contribution in [0.2, 0.25) is 0 Å². The summed E-state index contributed by atoms with van der Waals surface area (Å²) in [6, 6.07) is 3.02. The first-order valence-corrected chi connectivity index (χ1v) is 5.84. The summed E-state index contributed by atoms with van der Waals surface area (Å²) in [5.41, 5.74) is 2.50. The Hall–Kier alpha value is -1.84. The molecule has 1 aliphatic rings. The Balaban J connectivity index is 2.41. The van der Waals surface area contributed by atoms with Gasteiger partial charge in [-0.3, -0.25) is 4.79 Å². The van der Waals surface area contributed by atoms with Gasteiger partial charge in [-0.25, -0.2) is 4.39 Å². The SMILES string of the molecule is CCC(=O)OC1=C(C)Cc2cc(F)c(OC)cc21. The van der Waals surface area contributed by atoms with Crippen LogP contribution in [0.1, 0.15) is 31.4 Å². The summed E-state index contributed by atoms with van der Waals surface area (Å²) in [4.78, 5) is 11.4. The van der Waals surface area contributed by atoms with Gasteiger partial charge in [0.25, 0.3) is 0 Å². The Morgan fingerprint density at radius 1 is 1.44 bits per heavy atom. The Morgan fingerprint density at radius 3 is 2.78 bits per heavy atom. The molecule has 0 aliphatic heterocycles. The summed E-state index contributed by atoms with van der Waals surface area (Å²) in [7, 11) is 1.41. The van der Waals surface area contributed by atoms with Crippen molar-refractivity contribution in [1.82, 2.24) is 0 Å². The number of rotatable bonds is 3. The van der Waals surface area contributed by atoms with Crippen LogP contribution in [-0.4, -0.2) is 13.1 Å². The third-order valence-electron chi connectivity index (χ3n) is 2.97. The summed E-state index contributed by atoms with van der Waals surface area (Å²) in [5, 5.41) is 0. The molecule has 1 aliphatic carbocycles. The van der Waals surface area contributed by atoms with E-state index in [9.17, 15) is 9.18 Å². The third-order valence-corrected chi connectivity index (χ3v) is 2.97. The highest BCUT2D eigenvalue weighted by Crippen LogP contribution is 2.37. The van der Waals surface area contributed by atoms with Crippen LogP contribution < -0.4 is 4.74 Å². The number of ether oxygens (including phenoxy) is 2. The highest BCUT2D eigenvalue weighted by atomic mass is 19.1. The first-order chi connectivity index (χ1) is 8.56. The van der Waals surface area contributed by atoms with Crippen LogP contribution in [0.3, 0.4) is 0 Å². The normalized spacial score (nSPS) is 13.6. The Labute approximate surface area is 105 Å². The fourth-order valence-electron chi connectivity index (χ4n) is 2.03. The minimum absolute atomic E-state index is 0.161. The van der Waals surface area contributed by atoms with Crippen molar-refractivity contribution in [3.05, 3.63) is 34.6 Å². The minimum Gasteiger partial charge on any atom is -0.494 e. The second kappa shape index (κ2) is 4.80. The zero-order valence-electron chi connectivity index (χ0n) is 10.7. The molecule has 0 radical (unpaired) electrons. The molecule has 96 valence electrons. The van der Waals surface area contributed by atoms with E-state index >= 15 is 0 Å². The molecule has 18 heavy (non-hydrogen) atoms. The maximum Gasteiger partial charge on any atom is 0.310 e. The van der Waals surface area contributed by atoms with Gasteiger partial charge >= 0.3 is 5.97 Å². The number of carbonyl (C=O) groups excluding carboxylic acids is 1. The van der Waals surface area contributed by atoms with E-state index < -0.39 is 5.82 Å². The van der Waals surface area contributed by atoms with E-state index in [0.29, 0.717) is 18.6 Å². The third kappa shape index (κ3) is 2.10. The number of benzene rings is 1. The van der Waals surface area contributed by atoms with Crippen molar-refractivity contribution in [3.63, 3.8) is 0 Å². The number of halogens is 1. The second-order valence-electron chi connectivity index (χ2n) is 4.26. The predicted molar refractivity (Wildman–Crippen MR) is 65.6 cm³/mol. The zero-order chi connectivity index (χ0) is 13.3. The largest absolute Gasteiger partial charge is 0.494 e. The monoisotopic (exact) mass is 250 g/mol. The summed E-state index contributed by atoms with van der Waals surface area (Å²) < 4.78 is 23.8. The Morgan fingerprint density at radius 2 is 2.17 bits per heavy atom. The van der Waals surface area contributed by atoms with Crippen molar-refractivity contribution >= 4 is 11.7 Å². The first-order valence-electron chi connectivity index (χ1n) is 5.84. The van der Waals surface area contributed by atoms with Gasteiger partial charge in [-0.15, -0.1) is 0 Å². The number of hydrogen-bond donors (Lipinski definition) is 0. The van der Waals surface area contributed by atoms with Gasteiger partial charge in [-0.05, 0) is 36.6 Å². The second-order valence-corrected chi connectivity index (χ2v) is 4.26. The predicted octanol–water partition coefficient (Wildman–Crippen LogP) is 3.07. The maximum atomic E-state index is 13.6. The van der Waals surface area contributed by atoms with E-state index in [1.54, 1.807) is 13.0 Å². The molecular weight excluding hydrogens is 235 g/mol. The number of fused-ring (bicyclic) bond motifs is 1. The van der Waals surface area contributed by atoms with Gasteiger partial charge < -0.3 is 9.47 Å². The number of esters is 1. The molecule has 4 heteroatoms. The van der Waals surface area contributed by atoms with Crippen molar-refractivity contribution in [2.45, 2.75) is 26.7 Å². The number of hydrogen-bond acceptors (Lipinski definition) is 3. The van der Waals surface area contributed by atoms with Gasteiger partial charge in [0.05, 0.1) is 7.11 Å². The molecular formula is C14H15FO3. The molecule has 1 aromatic carbocycles. The molecule has 1 aromatic rings. The van der Waals surface area contributed by atoms with Crippen molar-refractivity contribution in [2.75, 3.05) is 7.11 Å². The van der Waals surface area contributed by atoms with Crippen LogP contribution in [0, 0.1) is 5.82 Å². The quantitative estimate of drug-likeness (QED) is 0.773. The smallest absolute Gasteiger partial charge is 0.310 e. The molecule has 0 N–H and O–H groups in total. The van der Waals surface area contributed by atoms with Crippen LogP contribution in [0.15, 0.2) is 17.7 Å². The minimum atomic E-state index is -0.396. The van der Waals surface area contributed by atoms with Crippen LogP contribution in [0.5, 0.6) is 5.75 Å². The van der Waals surface area contributed by atoms with Gasteiger partial charge in [-0.2, -0.15) is 0 Å². The molecule has 0 atom stereocenters. The first kappa shape index (κ1) is 12.6. The number of methoxy groups -OCH3 is 1. The molecule has 0 spiro atoms. The zero-order valence-corrected chi connectivity index (χ0v) is 10.7. The summed E-state index contributed by atoms with van der Waals surface area (Å²) >= 11 is 0. The Kier molecular flexibility index (Phi) is 3.36. The molecule has 0 amide bonds. The van der Waals surface area contributed by atoms with Gasteiger partial charge in [0.15, 0.2) is 11.6 Å². The van der Waals surface area contributed by atoms with Gasteiger partial charge in [0.2, 0.25) is 0 Å². The highest BCUT2D eigenvalue weighted by molar-refractivity contribution is 5.82. The summed E-state index contributed by atoms with van der Waals surface area (Å²) in [5.74, 6) is 0.0104. The summed E-state index contributed by atoms with van der Waals surface area (Å²) in [6.07, 6.45) is 0.910. The number of carbonyl (C=O) groups is 1. The van der Waals surface area contributed by atoms with Crippen molar-refractivity contribution in [3.8, 4) is 5.75 Å². The molecule has 0 heterocycles. The molecule has 0 saturated heterocycles. The van der Waals surface area contributed by atoms with Crippen LogP contribution >= 0.6 is 0 Å². The lowest BCUT2D eigenvalue weighted by Gasteiger charge is -2.09. The highest BCUT2D eigenvalue weighted by Gasteiger charge is 2.24. The van der Waals surface area contributed by atoms with Crippen molar-refractivity contribution in [1.29, 1.82) is 0 Å². The fourth-order valence-corrected chi connectivity index (χ4v) is 2.03. The van der Waals surface area contributed by atoms with E-state index in [0.717, 1.165) is 16.7 Å². The topological polar surface area (TPSA) is 35.5 Å². The number of allylic oxidation sites excluding steroid dienone is 1. The van der Waals surface area contributed by atoms with Crippen LogP contribution in [0.25, 0.3) is 5.76 Å². The standard InChI is InChI=1S/C14H15FO3/c1-4-13(16)18-14-8(2)5-9-6-11(15)12(17-3)7-10(9)14/h6-7H,4-5H2,1-3H3. The average molecular weight is 250 g/mol. The van der Waals surface area contributed by atoms with Gasteiger partial charge in [0, 0.05) is 12.0 Å². The van der Waals surface area contributed by atoms with E-state index in [4.69, 9.17) is 9.47 Å². The van der Waals surface area contributed by atoms with E-state index in [1.807, 2.05) is 6.92 Å². The van der Waals surface area contributed by atoms with Crippen LogP contribution in [0.4, 0.5) is 4.39 Å². The van der Waals surface area contributed by atoms with Crippen LogP contribution in [-0.2, 0) is 16.0 Å². The fraction of sp³-hybridized carbons (Fsp3) is 0.357. The van der Waals surface area contributed by atoms with Gasteiger partial charge in [-0.1, -0.05) is 6.92 Å². The van der Waals surface area contributed by atoms with Crippen molar-refractivity contribution < 1.29 is 18.7 Å². The molecule has 0 unspecified atom stereocenters. The molecule has 0 bridgehead atoms. The summed E-state index contributed by atoms with van der Waals surface area (Å²) in [6.45, 7) is 3.61. The van der Waals surface area contributed by atoms with Crippen molar-refractivity contribution in [2.24, 2.45) is 0 Å². The molecule has 3 nitrogen and oxygen atoms in total. The van der Waals surface area contributed by atoms with E-state index in [1.165, 1.54) is 13.2 Å². The maximum absolute atomic E-state index is 13.6. The lowest BCUT2D eigenvalue weighted by Crippen LogP contribution is -2.02. The molecule has 0 aromatic heterocycles. The molecule has 2 rings (SSSR count). The lowest BCUT2D eigenvalue weighted by atomic mass is 10.1. The lowest BCUT2D eigenvalue weighted by molar-refractivity contribution is -0.136. The van der Waals surface area contributed by atoms with Gasteiger partial charge in [0.1, 0.15) is 5.76 Å². The Bertz CT molecular complexity index is 532.